The second-order valence-electron chi connectivity index (χ2n) is 3.32. The Hall–Kier alpha value is -1.85. The molecule has 3 rings (SSSR count). The fourth-order valence-electron chi connectivity index (χ4n) is 1.59. The van der Waals surface area contributed by atoms with Crippen LogP contribution in [0.4, 0.5) is 0 Å². The van der Waals surface area contributed by atoms with E-state index in [-0.39, 0.29) is 0 Å². The van der Waals surface area contributed by atoms with Crippen molar-refractivity contribution in [3.63, 3.8) is 0 Å². The highest BCUT2D eigenvalue weighted by Crippen LogP contribution is 2.47. The van der Waals surface area contributed by atoms with E-state index in [0.29, 0.717) is 5.56 Å². The fourth-order valence-corrected chi connectivity index (χ4v) is 2.59. The van der Waals surface area contributed by atoms with Crippen LogP contribution in [0.15, 0.2) is 46.2 Å². The number of fused-ring (bicyclic) bond motifs is 2. The van der Waals surface area contributed by atoms with Crippen LogP contribution in [0.2, 0.25) is 0 Å². The average molecular weight is 222 g/mol. The third-order valence-corrected chi connectivity index (χ3v) is 3.49. The summed E-state index contributed by atoms with van der Waals surface area (Å²) in [6, 6.07) is 14.5. The lowest BCUT2D eigenvalue weighted by atomic mass is 10.2. The van der Waals surface area contributed by atoms with Gasteiger partial charge in [0.05, 0.1) is 15.4 Å². The summed E-state index contributed by atoms with van der Waals surface area (Å²) in [4.78, 5) is 1.97. The Kier molecular flexibility index (Phi) is 2.12. The van der Waals surface area contributed by atoms with E-state index in [4.69, 9.17) is 11.2 Å². The van der Waals surface area contributed by atoms with Crippen molar-refractivity contribution in [1.82, 2.24) is 0 Å². The summed E-state index contributed by atoms with van der Waals surface area (Å²) in [5.41, 5.74) is 0.650. The van der Waals surface area contributed by atoms with Gasteiger partial charge in [-0.15, -0.1) is 0 Å². The lowest BCUT2D eigenvalue weighted by Gasteiger charge is -2.19. The highest BCUT2D eigenvalue weighted by Gasteiger charge is 2.19. The Bertz CT molecular complexity index is 596. The molecule has 2 aromatic rings. The molecule has 2 radical (unpaired) electrons. The zero-order valence-electron chi connectivity index (χ0n) is 8.28. The van der Waals surface area contributed by atoms with Crippen LogP contribution >= 0.6 is 11.8 Å². The molecule has 0 fully saturated rings. The maximum atomic E-state index is 7.22. The molecule has 1 aliphatic heterocycles. The van der Waals surface area contributed by atoms with Crippen molar-refractivity contribution in [2.45, 2.75) is 9.79 Å². The summed E-state index contributed by atoms with van der Waals surface area (Å²) in [5.74, 6) is 4.02. The molecule has 0 saturated carbocycles. The predicted octanol–water partition coefficient (Wildman–Crippen LogP) is 3.68. The van der Waals surface area contributed by atoms with E-state index in [1.807, 2.05) is 30.3 Å². The molecule has 0 saturated heterocycles. The van der Waals surface area contributed by atoms with Crippen molar-refractivity contribution >= 4 is 11.8 Å². The zero-order chi connectivity index (χ0) is 11.0. The van der Waals surface area contributed by atoms with Crippen molar-refractivity contribution in [1.29, 1.82) is 0 Å². The first-order valence-electron chi connectivity index (χ1n) is 4.80. The van der Waals surface area contributed by atoms with Gasteiger partial charge < -0.3 is 4.74 Å². The largest absolute Gasteiger partial charge is 0.455 e. The maximum absolute atomic E-state index is 7.22. The van der Waals surface area contributed by atoms with Crippen LogP contribution in [0, 0.1) is 18.4 Å². The van der Waals surface area contributed by atoms with Gasteiger partial charge in [-0.05, 0) is 30.7 Å². The Labute approximate surface area is 98.4 Å². The Morgan fingerprint density at radius 1 is 1.19 bits per heavy atom. The van der Waals surface area contributed by atoms with Crippen LogP contribution in [-0.4, -0.2) is 0 Å². The Balaban J connectivity index is 2.16. The molecular weight excluding hydrogens is 216 g/mol. The number of benzene rings is 2. The van der Waals surface area contributed by atoms with E-state index in [1.165, 1.54) is 0 Å². The molecule has 16 heavy (non-hydrogen) atoms. The van der Waals surface area contributed by atoms with Crippen molar-refractivity contribution < 1.29 is 4.74 Å². The summed E-state index contributed by atoms with van der Waals surface area (Å²) < 4.78 is 5.76. The van der Waals surface area contributed by atoms with Crippen molar-refractivity contribution in [3.05, 3.63) is 54.5 Å². The second kappa shape index (κ2) is 3.62. The van der Waals surface area contributed by atoms with Crippen LogP contribution < -0.4 is 4.74 Å². The van der Waals surface area contributed by atoms with Crippen LogP contribution in [0.25, 0.3) is 0 Å². The molecule has 0 amide bonds. The van der Waals surface area contributed by atoms with E-state index < -0.39 is 0 Å². The zero-order valence-corrected chi connectivity index (χ0v) is 9.10. The van der Waals surface area contributed by atoms with Gasteiger partial charge in [-0.1, -0.05) is 29.8 Å². The topological polar surface area (TPSA) is 9.23 Å². The van der Waals surface area contributed by atoms with Gasteiger partial charge in [-0.25, -0.2) is 0 Å². The molecule has 1 aliphatic rings. The number of rotatable bonds is 0. The van der Waals surface area contributed by atoms with E-state index >= 15 is 0 Å². The van der Waals surface area contributed by atoms with Crippen LogP contribution in [0.5, 0.6) is 11.5 Å². The SMILES string of the molecule is [C]#Cc1[c]ccc2c1Sc1ccccc1O2. The molecule has 0 aliphatic carbocycles. The van der Waals surface area contributed by atoms with Gasteiger partial charge in [0.25, 0.3) is 0 Å². The molecule has 1 nitrogen and oxygen atoms in total. The summed E-state index contributed by atoms with van der Waals surface area (Å²) in [6.45, 7) is 0. The van der Waals surface area contributed by atoms with Crippen molar-refractivity contribution in [2.75, 3.05) is 0 Å². The van der Waals surface area contributed by atoms with Gasteiger partial charge in [0.1, 0.15) is 11.5 Å². The smallest absolute Gasteiger partial charge is 0.142 e. The lowest BCUT2D eigenvalue weighted by Crippen LogP contribution is -1.96. The number of para-hydroxylation sites is 1. The van der Waals surface area contributed by atoms with Gasteiger partial charge in [0.2, 0.25) is 0 Å². The van der Waals surface area contributed by atoms with Crippen LogP contribution in [-0.2, 0) is 0 Å². The predicted molar refractivity (Wildman–Crippen MR) is 62.2 cm³/mol. The summed E-state index contributed by atoms with van der Waals surface area (Å²) >= 11 is 1.59. The van der Waals surface area contributed by atoms with Gasteiger partial charge in [0.15, 0.2) is 0 Å². The minimum atomic E-state index is 0.650. The molecule has 0 N–H and O–H groups in total. The maximum Gasteiger partial charge on any atom is 0.142 e. The molecule has 1 heterocycles. The molecule has 2 aromatic carbocycles. The summed E-state index contributed by atoms with van der Waals surface area (Å²) in [6.07, 6.45) is 7.22. The third kappa shape index (κ3) is 1.37. The molecule has 74 valence electrons. The Morgan fingerprint density at radius 2 is 2.06 bits per heavy atom. The van der Waals surface area contributed by atoms with Crippen LogP contribution in [0.3, 0.4) is 0 Å². The quantitative estimate of drug-likeness (QED) is 0.536. The minimum Gasteiger partial charge on any atom is -0.455 e. The van der Waals surface area contributed by atoms with Crippen molar-refractivity contribution in [3.8, 4) is 17.4 Å². The van der Waals surface area contributed by atoms with Crippen molar-refractivity contribution in [2.24, 2.45) is 0 Å². The fraction of sp³-hybridized carbons (Fsp3) is 0. The molecule has 2 heteroatoms. The van der Waals surface area contributed by atoms with E-state index in [2.05, 4.69) is 12.0 Å². The highest BCUT2D eigenvalue weighted by molar-refractivity contribution is 7.99. The number of hydrogen-bond donors (Lipinski definition) is 0. The van der Waals surface area contributed by atoms with Gasteiger partial charge in [-0.3, -0.25) is 0 Å². The Morgan fingerprint density at radius 3 is 2.94 bits per heavy atom. The van der Waals surface area contributed by atoms with Crippen LogP contribution in [0.1, 0.15) is 5.56 Å². The molecule has 0 spiro atoms. The van der Waals surface area contributed by atoms with E-state index in [9.17, 15) is 0 Å². The van der Waals surface area contributed by atoms with Gasteiger partial charge >= 0.3 is 0 Å². The highest BCUT2D eigenvalue weighted by atomic mass is 32.2. The van der Waals surface area contributed by atoms with Gasteiger partial charge in [0, 0.05) is 6.07 Å². The molecular formula is C14H6OS. The third-order valence-electron chi connectivity index (χ3n) is 2.32. The first kappa shape index (κ1) is 9.38. The van der Waals surface area contributed by atoms with E-state index in [1.54, 1.807) is 17.8 Å². The summed E-state index contributed by atoms with van der Waals surface area (Å²) in [7, 11) is 0. The lowest BCUT2D eigenvalue weighted by molar-refractivity contribution is 0.454. The first-order valence-corrected chi connectivity index (χ1v) is 5.62. The molecule has 0 atom stereocenters. The number of ether oxygens (including phenoxy) is 1. The monoisotopic (exact) mass is 222 g/mol. The molecule has 0 bridgehead atoms. The molecule has 0 aromatic heterocycles. The van der Waals surface area contributed by atoms with E-state index in [0.717, 1.165) is 21.3 Å². The minimum absolute atomic E-state index is 0.650. The number of hydrogen-bond acceptors (Lipinski definition) is 2. The summed E-state index contributed by atoms with van der Waals surface area (Å²) in [5, 5.41) is 0. The average Bonchev–Trinajstić information content (AvgIpc) is 2.35. The standard InChI is InChI=1S/C14H6OS/c1-2-10-6-5-8-12-14(10)16-13-9-4-3-7-11(13)15-12/h3-5,7-9H. The molecule has 0 unspecified atom stereocenters. The van der Waals surface area contributed by atoms with Gasteiger partial charge in [-0.2, -0.15) is 0 Å². The normalized spacial score (nSPS) is 11.9. The first-order chi connectivity index (χ1) is 7.88. The second-order valence-corrected chi connectivity index (χ2v) is 4.37.